The van der Waals surface area contributed by atoms with Crippen LogP contribution >= 0.6 is 0 Å². The van der Waals surface area contributed by atoms with E-state index in [2.05, 4.69) is 19.2 Å². The smallest absolute Gasteiger partial charge is 0.240 e. The van der Waals surface area contributed by atoms with Gasteiger partial charge in [0.1, 0.15) is 0 Å². The second-order valence-electron chi connectivity index (χ2n) is 6.48. The zero-order chi connectivity index (χ0) is 13.3. The fourth-order valence-corrected chi connectivity index (χ4v) is 3.17. The van der Waals surface area contributed by atoms with Crippen molar-refractivity contribution in [3.8, 4) is 0 Å². The number of carbonyl (C=O) groups excluding carboxylic acids is 1. The van der Waals surface area contributed by atoms with E-state index in [1.54, 1.807) is 0 Å². The summed E-state index contributed by atoms with van der Waals surface area (Å²) in [5.74, 6) is 0.252. The maximum Gasteiger partial charge on any atom is 0.240 e. The molecule has 0 aromatic carbocycles. The highest BCUT2D eigenvalue weighted by Gasteiger charge is 2.40. The molecule has 0 bridgehead atoms. The highest BCUT2D eigenvalue weighted by Crippen LogP contribution is 2.31. The SMILES string of the molecule is CC1CN(C(=O)C2NCCCC2(C)C)CC(C)O1. The Balaban J connectivity index is 2.05. The van der Waals surface area contributed by atoms with E-state index in [0.717, 1.165) is 32.5 Å². The van der Waals surface area contributed by atoms with Gasteiger partial charge in [0.2, 0.25) is 5.91 Å². The van der Waals surface area contributed by atoms with Crippen LogP contribution in [-0.4, -0.2) is 48.7 Å². The number of hydrogen-bond donors (Lipinski definition) is 1. The lowest BCUT2D eigenvalue weighted by Gasteiger charge is -2.43. The third kappa shape index (κ3) is 2.86. The van der Waals surface area contributed by atoms with Gasteiger partial charge in [-0.2, -0.15) is 0 Å². The quantitative estimate of drug-likeness (QED) is 0.769. The number of nitrogens with one attached hydrogen (secondary N) is 1. The van der Waals surface area contributed by atoms with Crippen LogP contribution in [0.4, 0.5) is 0 Å². The highest BCUT2D eigenvalue weighted by molar-refractivity contribution is 5.83. The van der Waals surface area contributed by atoms with Crippen LogP contribution in [0.25, 0.3) is 0 Å². The van der Waals surface area contributed by atoms with E-state index in [-0.39, 0.29) is 29.6 Å². The lowest BCUT2D eigenvalue weighted by Crippen LogP contribution is -2.60. The molecule has 18 heavy (non-hydrogen) atoms. The van der Waals surface area contributed by atoms with Gasteiger partial charge in [-0.3, -0.25) is 4.79 Å². The molecule has 1 amide bonds. The predicted molar refractivity (Wildman–Crippen MR) is 71.4 cm³/mol. The highest BCUT2D eigenvalue weighted by atomic mass is 16.5. The summed E-state index contributed by atoms with van der Waals surface area (Å²) < 4.78 is 5.69. The Morgan fingerprint density at radius 2 is 1.89 bits per heavy atom. The molecule has 2 saturated heterocycles. The van der Waals surface area contributed by atoms with Crippen molar-refractivity contribution in [3.05, 3.63) is 0 Å². The summed E-state index contributed by atoms with van der Waals surface area (Å²) in [6, 6.07) is -0.0382. The zero-order valence-electron chi connectivity index (χ0n) is 12.0. The normalized spacial score (nSPS) is 36.4. The van der Waals surface area contributed by atoms with E-state index in [1.807, 2.05) is 18.7 Å². The molecular formula is C14H26N2O2. The van der Waals surface area contributed by atoms with Crippen molar-refractivity contribution in [2.24, 2.45) is 5.41 Å². The van der Waals surface area contributed by atoms with Gasteiger partial charge in [0, 0.05) is 13.1 Å². The third-order valence-electron chi connectivity index (χ3n) is 4.11. The van der Waals surface area contributed by atoms with Gasteiger partial charge in [0.15, 0.2) is 0 Å². The van der Waals surface area contributed by atoms with Crippen LogP contribution < -0.4 is 5.32 Å². The van der Waals surface area contributed by atoms with Crippen LogP contribution in [-0.2, 0) is 9.53 Å². The van der Waals surface area contributed by atoms with Crippen molar-refractivity contribution in [3.63, 3.8) is 0 Å². The summed E-state index contributed by atoms with van der Waals surface area (Å²) in [4.78, 5) is 14.6. The molecule has 0 aromatic heterocycles. The monoisotopic (exact) mass is 254 g/mol. The predicted octanol–water partition coefficient (Wildman–Crippen LogP) is 1.40. The zero-order valence-corrected chi connectivity index (χ0v) is 12.0. The average Bonchev–Trinajstić information content (AvgIpc) is 2.26. The van der Waals surface area contributed by atoms with Crippen LogP contribution in [0.1, 0.15) is 40.5 Å². The minimum atomic E-state index is -0.0382. The topological polar surface area (TPSA) is 41.6 Å². The van der Waals surface area contributed by atoms with Gasteiger partial charge >= 0.3 is 0 Å². The molecule has 2 fully saturated rings. The maximum absolute atomic E-state index is 12.7. The van der Waals surface area contributed by atoms with Gasteiger partial charge in [0.25, 0.3) is 0 Å². The summed E-state index contributed by atoms with van der Waals surface area (Å²) in [5, 5.41) is 3.40. The Morgan fingerprint density at radius 3 is 2.44 bits per heavy atom. The molecule has 4 heteroatoms. The lowest BCUT2D eigenvalue weighted by molar-refractivity contribution is -0.149. The molecule has 0 spiro atoms. The first kappa shape index (κ1) is 13.8. The molecule has 2 aliphatic rings. The van der Waals surface area contributed by atoms with Gasteiger partial charge in [-0.25, -0.2) is 0 Å². The molecule has 3 unspecified atom stereocenters. The van der Waals surface area contributed by atoms with Crippen LogP contribution in [0.3, 0.4) is 0 Å². The van der Waals surface area contributed by atoms with Gasteiger partial charge in [0.05, 0.1) is 18.2 Å². The largest absolute Gasteiger partial charge is 0.372 e. The number of nitrogens with zero attached hydrogens (tertiary/aromatic N) is 1. The molecule has 2 heterocycles. The minimum absolute atomic E-state index is 0.0382. The lowest BCUT2D eigenvalue weighted by atomic mass is 9.77. The van der Waals surface area contributed by atoms with Crippen molar-refractivity contribution in [2.45, 2.75) is 58.8 Å². The van der Waals surface area contributed by atoms with Gasteiger partial charge < -0.3 is 15.0 Å². The summed E-state index contributed by atoms with van der Waals surface area (Å²) in [6.07, 6.45) is 2.56. The van der Waals surface area contributed by atoms with E-state index < -0.39 is 0 Å². The number of amides is 1. The van der Waals surface area contributed by atoms with Gasteiger partial charge in [-0.1, -0.05) is 13.8 Å². The Morgan fingerprint density at radius 1 is 1.28 bits per heavy atom. The van der Waals surface area contributed by atoms with Crippen molar-refractivity contribution < 1.29 is 9.53 Å². The van der Waals surface area contributed by atoms with Crippen LogP contribution in [0.15, 0.2) is 0 Å². The Bertz CT molecular complexity index is 307. The number of ether oxygens (including phenoxy) is 1. The van der Waals surface area contributed by atoms with E-state index in [0.29, 0.717) is 0 Å². The molecule has 0 aliphatic carbocycles. The summed E-state index contributed by atoms with van der Waals surface area (Å²) >= 11 is 0. The number of carbonyl (C=O) groups is 1. The molecule has 1 N–H and O–H groups in total. The van der Waals surface area contributed by atoms with Gasteiger partial charge in [-0.15, -0.1) is 0 Å². The Labute approximate surface area is 110 Å². The molecule has 0 saturated carbocycles. The minimum Gasteiger partial charge on any atom is -0.372 e. The second kappa shape index (κ2) is 5.17. The maximum atomic E-state index is 12.7. The molecule has 2 aliphatic heterocycles. The average molecular weight is 254 g/mol. The fourth-order valence-electron chi connectivity index (χ4n) is 3.17. The molecule has 104 valence electrons. The first-order chi connectivity index (χ1) is 8.40. The van der Waals surface area contributed by atoms with Crippen LogP contribution in [0, 0.1) is 5.41 Å². The summed E-state index contributed by atoms with van der Waals surface area (Å²) in [5.41, 5.74) is 0.0557. The summed E-state index contributed by atoms with van der Waals surface area (Å²) in [7, 11) is 0. The molecule has 4 nitrogen and oxygen atoms in total. The molecule has 0 aromatic rings. The number of morpholine rings is 1. The second-order valence-corrected chi connectivity index (χ2v) is 6.48. The number of piperidine rings is 1. The molecule has 0 radical (unpaired) electrons. The third-order valence-corrected chi connectivity index (χ3v) is 4.11. The van der Waals surface area contributed by atoms with E-state index in [9.17, 15) is 4.79 Å². The van der Waals surface area contributed by atoms with Crippen molar-refractivity contribution in [1.82, 2.24) is 10.2 Å². The standard InChI is InChI=1S/C14H26N2O2/c1-10-8-16(9-11(2)18-10)13(17)12-14(3,4)6-5-7-15-12/h10-12,15H,5-9H2,1-4H3. The fraction of sp³-hybridized carbons (Fsp3) is 0.929. The van der Waals surface area contributed by atoms with E-state index in [1.165, 1.54) is 0 Å². The van der Waals surface area contributed by atoms with E-state index in [4.69, 9.17) is 4.74 Å². The number of rotatable bonds is 1. The Hall–Kier alpha value is -0.610. The first-order valence-corrected chi connectivity index (χ1v) is 7.08. The molecule has 3 atom stereocenters. The van der Waals surface area contributed by atoms with E-state index >= 15 is 0 Å². The summed E-state index contributed by atoms with van der Waals surface area (Å²) in [6.45, 7) is 10.8. The Kier molecular flexibility index (Phi) is 3.97. The van der Waals surface area contributed by atoms with Crippen LogP contribution in [0.5, 0.6) is 0 Å². The molecule has 2 rings (SSSR count). The van der Waals surface area contributed by atoms with Gasteiger partial charge in [-0.05, 0) is 38.6 Å². The van der Waals surface area contributed by atoms with Crippen molar-refractivity contribution in [2.75, 3.05) is 19.6 Å². The first-order valence-electron chi connectivity index (χ1n) is 7.08. The van der Waals surface area contributed by atoms with Crippen molar-refractivity contribution >= 4 is 5.91 Å². The van der Waals surface area contributed by atoms with Crippen molar-refractivity contribution in [1.29, 1.82) is 0 Å². The number of hydrogen-bond acceptors (Lipinski definition) is 3. The molecular weight excluding hydrogens is 228 g/mol. The van der Waals surface area contributed by atoms with Crippen LogP contribution in [0.2, 0.25) is 0 Å².